The minimum atomic E-state index is -0.701. The minimum absolute atomic E-state index is 0.0402. The van der Waals surface area contributed by atoms with Gasteiger partial charge in [-0.1, -0.05) is 46.8 Å². The fraction of sp³-hybridized carbons (Fsp3) is 0.652. The molecule has 9 nitrogen and oxygen atoms in total. The number of hydrogen-bond acceptors (Lipinski definition) is 6. The Bertz CT molecular complexity index is 798. The smallest absolute Gasteiger partial charge is 0.312 e. The monoisotopic (exact) mass is 480 g/mol. The molecule has 0 spiro atoms. The highest BCUT2D eigenvalue weighted by Crippen LogP contribution is 2.22. The van der Waals surface area contributed by atoms with Gasteiger partial charge >= 0.3 is 6.03 Å². The molecule has 5 amide bonds. The number of imide groups is 1. The van der Waals surface area contributed by atoms with Crippen molar-refractivity contribution in [1.82, 2.24) is 15.5 Å². The number of carbonyl (C=O) groups excluding carboxylic acids is 5. The maximum absolute atomic E-state index is 13.1. The molecule has 4 N–H and O–H groups in total. The average molecular weight is 481 g/mol. The van der Waals surface area contributed by atoms with Crippen LogP contribution in [0.1, 0.15) is 60.3 Å². The SMILES string of the molecule is CC(C)[C@H](CC(=S)CCN1C(=O)C=CC1=O)C(=O)N[C@@H](CCCNC(N)=O)C(=O)C(C)(C)C. The van der Waals surface area contributed by atoms with E-state index in [0.717, 1.165) is 4.90 Å². The zero-order chi connectivity index (χ0) is 25.3. The number of thiocarbonyl (C=S) groups is 1. The molecule has 0 saturated carbocycles. The van der Waals surface area contributed by atoms with Crippen molar-refractivity contribution < 1.29 is 24.0 Å². The van der Waals surface area contributed by atoms with Crippen molar-refractivity contribution in [3.63, 3.8) is 0 Å². The molecule has 0 aromatic rings. The van der Waals surface area contributed by atoms with Gasteiger partial charge in [0.05, 0.1) is 6.04 Å². The van der Waals surface area contributed by atoms with Crippen molar-refractivity contribution in [3.8, 4) is 0 Å². The predicted molar refractivity (Wildman–Crippen MR) is 129 cm³/mol. The molecule has 0 aromatic carbocycles. The third-order valence-electron chi connectivity index (χ3n) is 5.44. The number of nitrogens with one attached hydrogen (secondary N) is 2. The van der Waals surface area contributed by atoms with E-state index in [4.69, 9.17) is 18.0 Å². The van der Waals surface area contributed by atoms with Crippen LogP contribution < -0.4 is 16.4 Å². The summed E-state index contributed by atoms with van der Waals surface area (Å²) in [5.41, 5.74) is 4.42. The van der Waals surface area contributed by atoms with Crippen LogP contribution in [0.3, 0.4) is 0 Å². The second-order valence-electron chi connectivity index (χ2n) is 9.61. The molecule has 1 rings (SSSR count). The number of nitrogens with zero attached hydrogens (tertiary/aromatic N) is 1. The van der Waals surface area contributed by atoms with Gasteiger partial charge in [0.25, 0.3) is 11.8 Å². The molecule has 0 fully saturated rings. The van der Waals surface area contributed by atoms with Crippen LogP contribution in [-0.4, -0.2) is 58.4 Å². The van der Waals surface area contributed by atoms with E-state index in [2.05, 4.69) is 10.6 Å². The van der Waals surface area contributed by atoms with Crippen LogP contribution in [0.15, 0.2) is 12.2 Å². The van der Waals surface area contributed by atoms with Gasteiger partial charge in [-0.3, -0.25) is 24.1 Å². The number of nitrogens with two attached hydrogens (primary N) is 1. The Morgan fingerprint density at radius 3 is 2.18 bits per heavy atom. The third kappa shape index (κ3) is 9.41. The highest BCUT2D eigenvalue weighted by molar-refractivity contribution is 7.80. The molecule has 0 radical (unpaired) electrons. The van der Waals surface area contributed by atoms with Crippen LogP contribution in [0.2, 0.25) is 0 Å². The van der Waals surface area contributed by atoms with Gasteiger partial charge in [0.1, 0.15) is 0 Å². The molecule has 0 bridgehead atoms. The van der Waals surface area contributed by atoms with E-state index in [1.165, 1.54) is 12.2 Å². The highest BCUT2D eigenvalue weighted by atomic mass is 32.1. The fourth-order valence-corrected chi connectivity index (χ4v) is 3.73. The third-order valence-corrected chi connectivity index (χ3v) is 5.82. The Hall–Kier alpha value is -2.62. The van der Waals surface area contributed by atoms with Crippen LogP contribution in [-0.2, 0) is 19.2 Å². The summed E-state index contributed by atoms with van der Waals surface area (Å²) in [4.78, 5) is 62.0. The summed E-state index contributed by atoms with van der Waals surface area (Å²) in [5.74, 6) is -1.60. The van der Waals surface area contributed by atoms with E-state index in [9.17, 15) is 24.0 Å². The maximum Gasteiger partial charge on any atom is 0.312 e. The molecule has 1 heterocycles. The standard InChI is InChI=1S/C23H36N4O5S/c1-14(2)16(13-15(33)10-12-27-18(28)8-9-19(27)29)21(31)26-17(20(30)23(3,4)5)7-6-11-25-22(24)32/h8-9,14,16-17H,6-7,10-13H2,1-5H3,(H,26,31)(H3,24,25,32)/t16-,17-/m0/s1. The van der Waals surface area contributed by atoms with Gasteiger partial charge in [-0.25, -0.2) is 4.79 Å². The molecular weight excluding hydrogens is 444 g/mol. The lowest BCUT2D eigenvalue weighted by molar-refractivity contribution is -0.136. The average Bonchev–Trinajstić information content (AvgIpc) is 3.02. The van der Waals surface area contributed by atoms with Crippen molar-refractivity contribution in [1.29, 1.82) is 0 Å². The number of carbonyl (C=O) groups is 5. The van der Waals surface area contributed by atoms with Crippen molar-refractivity contribution in [2.45, 2.75) is 66.3 Å². The number of rotatable bonds is 13. The van der Waals surface area contributed by atoms with Crippen LogP contribution in [0.5, 0.6) is 0 Å². The quantitative estimate of drug-likeness (QED) is 0.209. The zero-order valence-corrected chi connectivity index (χ0v) is 20.9. The van der Waals surface area contributed by atoms with Crippen molar-refractivity contribution in [3.05, 3.63) is 12.2 Å². The van der Waals surface area contributed by atoms with Gasteiger partial charge < -0.3 is 16.4 Å². The number of urea groups is 1. The number of amides is 5. The molecule has 0 saturated heterocycles. The normalized spacial score (nSPS) is 15.5. The van der Waals surface area contributed by atoms with Crippen molar-refractivity contribution in [2.75, 3.05) is 13.1 Å². The van der Waals surface area contributed by atoms with Gasteiger partial charge in [0, 0.05) is 36.6 Å². The highest BCUT2D eigenvalue weighted by Gasteiger charge is 2.33. The van der Waals surface area contributed by atoms with E-state index in [0.29, 0.717) is 37.1 Å². The molecule has 184 valence electrons. The Morgan fingerprint density at radius 1 is 1.12 bits per heavy atom. The van der Waals surface area contributed by atoms with Gasteiger partial charge in [-0.15, -0.1) is 0 Å². The second-order valence-corrected chi connectivity index (χ2v) is 10.2. The first-order valence-electron chi connectivity index (χ1n) is 11.2. The lowest BCUT2D eigenvalue weighted by Crippen LogP contribution is -2.49. The van der Waals surface area contributed by atoms with Crippen molar-refractivity contribution >= 4 is 46.6 Å². The van der Waals surface area contributed by atoms with Crippen molar-refractivity contribution in [2.24, 2.45) is 23.0 Å². The first-order chi connectivity index (χ1) is 15.2. The Kier molecular flexibility index (Phi) is 10.8. The first kappa shape index (κ1) is 28.4. The summed E-state index contributed by atoms with van der Waals surface area (Å²) >= 11 is 5.45. The number of ketones is 1. The number of primary amides is 1. The van der Waals surface area contributed by atoms with E-state index in [1.54, 1.807) is 20.8 Å². The van der Waals surface area contributed by atoms with Crippen LogP contribution in [0.25, 0.3) is 0 Å². The number of Topliss-reactive ketones (excluding diaryl/α,β-unsaturated/α-hetero) is 1. The van der Waals surface area contributed by atoms with Gasteiger partial charge in [0.2, 0.25) is 5.91 Å². The van der Waals surface area contributed by atoms with Crippen LogP contribution >= 0.6 is 12.2 Å². The summed E-state index contributed by atoms with van der Waals surface area (Å²) < 4.78 is 0. The largest absolute Gasteiger partial charge is 0.352 e. The molecule has 0 unspecified atom stereocenters. The van der Waals surface area contributed by atoms with E-state index < -0.39 is 23.4 Å². The predicted octanol–water partition coefficient (Wildman–Crippen LogP) is 1.88. The van der Waals surface area contributed by atoms with E-state index >= 15 is 0 Å². The molecule has 1 aliphatic heterocycles. The van der Waals surface area contributed by atoms with Gasteiger partial charge in [-0.05, 0) is 36.5 Å². The molecule has 10 heteroatoms. The van der Waals surface area contributed by atoms with Crippen LogP contribution in [0.4, 0.5) is 4.79 Å². The lowest BCUT2D eigenvalue weighted by atomic mass is 9.84. The molecular formula is C23H36N4O5S. The Balaban J connectivity index is 2.77. The molecule has 0 aliphatic carbocycles. The molecule has 0 aromatic heterocycles. The van der Waals surface area contributed by atoms with Gasteiger partial charge in [-0.2, -0.15) is 0 Å². The Morgan fingerprint density at radius 2 is 1.70 bits per heavy atom. The summed E-state index contributed by atoms with van der Waals surface area (Å²) in [6.45, 7) is 9.67. The summed E-state index contributed by atoms with van der Waals surface area (Å²) in [5, 5.41) is 5.37. The fourth-order valence-electron chi connectivity index (χ4n) is 3.45. The van der Waals surface area contributed by atoms with Gasteiger partial charge in [0.15, 0.2) is 5.78 Å². The minimum Gasteiger partial charge on any atom is -0.352 e. The first-order valence-corrected chi connectivity index (χ1v) is 11.6. The zero-order valence-electron chi connectivity index (χ0n) is 20.1. The lowest BCUT2D eigenvalue weighted by Gasteiger charge is -2.28. The maximum atomic E-state index is 13.1. The van der Waals surface area contributed by atoms with E-state index in [-0.39, 0.29) is 36.0 Å². The topological polar surface area (TPSA) is 139 Å². The summed E-state index contributed by atoms with van der Waals surface area (Å²) in [6, 6.07) is -1.34. The molecule has 33 heavy (non-hydrogen) atoms. The Labute approximate surface area is 200 Å². The van der Waals surface area contributed by atoms with E-state index in [1.807, 2.05) is 13.8 Å². The molecule has 2 atom stereocenters. The van der Waals surface area contributed by atoms with Crippen LogP contribution in [0, 0.1) is 17.3 Å². The second kappa shape index (κ2) is 12.6. The number of hydrogen-bond donors (Lipinski definition) is 3. The summed E-state index contributed by atoms with van der Waals surface area (Å²) in [6.07, 6.45) is 3.92. The summed E-state index contributed by atoms with van der Waals surface area (Å²) in [7, 11) is 0. The molecule has 1 aliphatic rings.